The zero-order valence-corrected chi connectivity index (χ0v) is 10.1. The Balaban J connectivity index is 2.51. The molecule has 1 atom stereocenters. The Morgan fingerprint density at radius 3 is 2.40 bits per heavy atom. The second-order valence-corrected chi connectivity index (χ2v) is 4.83. The van der Waals surface area contributed by atoms with Gasteiger partial charge in [0.25, 0.3) is 0 Å². The molecule has 1 rings (SSSR count). The van der Waals surface area contributed by atoms with Crippen molar-refractivity contribution in [2.24, 2.45) is 5.92 Å². The maximum absolute atomic E-state index is 10.6. The summed E-state index contributed by atoms with van der Waals surface area (Å²) in [7, 11) is 0. The van der Waals surface area contributed by atoms with E-state index in [1.165, 1.54) is 12.8 Å². The lowest BCUT2D eigenvalue weighted by Gasteiger charge is -2.33. The van der Waals surface area contributed by atoms with Crippen LogP contribution in [0.4, 0.5) is 0 Å². The molecule has 0 aromatic rings. The van der Waals surface area contributed by atoms with Gasteiger partial charge in [-0.25, -0.2) is 0 Å². The largest absolute Gasteiger partial charge is 0.481 e. The van der Waals surface area contributed by atoms with Crippen LogP contribution in [0, 0.1) is 5.92 Å². The summed E-state index contributed by atoms with van der Waals surface area (Å²) in [5.74, 6) is -0.0661. The Morgan fingerprint density at radius 1 is 1.47 bits per heavy atom. The van der Waals surface area contributed by atoms with E-state index in [0.29, 0.717) is 18.0 Å². The van der Waals surface area contributed by atoms with Crippen LogP contribution in [0.1, 0.15) is 46.5 Å². The van der Waals surface area contributed by atoms with E-state index < -0.39 is 5.97 Å². The van der Waals surface area contributed by atoms with E-state index >= 15 is 0 Å². The molecular weight excluding hydrogens is 190 g/mol. The average molecular weight is 213 g/mol. The molecule has 0 aromatic heterocycles. The van der Waals surface area contributed by atoms with E-state index in [-0.39, 0.29) is 6.42 Å². The van der Waals surface area contributed by atoms with Gasteiger partial charge in [0.15, 0.2) is 0 Å². The summed E-state index contributed by atoms with van der Waals surface area (Å²) in [6.07, 6.45) is 3.90. The number of carboxylic acids is 1. The summed E-state index contributed by atoms with van der Waals surface area (Å²) >= 11 is 0. The molecule has 0 bridgehead atoms. The summed E-state index contributed by atoms with van der Waals surface area (Å²) in [6.45, 7) is 7.37. The lowest BCUT2D eigenvalue weighted by atomic mass is 9.99. The third kappa shape index (κ3) is 3.82. The van der Waals surface area contributed by atoms with E-state index in [0.717, 1.165) is 13.0 Å². The van der Waals surface area contributed by atoms with Crippen LogP contribution in [0.15, 0.2) is 0 Å². The lowest BCUT2D eigenvalue weighted by Crippen LogP contribution is -2.41. The van der Waals surface area contributed by atoms with Crippen molar-refractivity contribution >= 4 is 5.97 Å². The molecule has 1 unspecified atom stereocenters. The molecule has 1 N–H and O–H groups in total. The summed E-state index contributed by atoms with van der Waals surface area (Å²) in [5, 5.41) is 8.73. The number of carbonyl (C=O) groups is 1. The third-order valence-corrected chi connectivity index (χ3v) is 3.21. The smallest absolute Gasteiger partial charge is 0.304 e. The molecule has 0 aliphatic heterocycles. The number of nitrogens with zero attached hydrogens (tertiary/aromatic N) is 1. The van der Waals surface area contributed by atoms with Gasteiger partial charge in [-0.3, -0.25) is 9.69 Å². The summed E-state index contributed by atoms with van der Waals surface area (Å²) < 4.78 is 0. The van der Waals surface area contributed by atoms with Gasteiger partial charge in [0.1, 0.15) is 0 Å². The molecule has 3 nitrogen and oxygen atoms in total. The molecule has 3 heteroatoms. The maximum Gasteiger partial charge on any atom is 0.304 e. The number of hydrogen-bond donors (Lipinski definition) is 1. The molecule has 0 amide bonds. The van der Waals surface area contributed by atoms with Crippen molar-refractivity contribution in [1.29, 1.82) is 0 Å². The molecular formula is C12H23NO2. The Morgan fingerprint density at radius 2 is 2.07 bits per heavy atom. The first-order valence-electron chi connectivity index (χ1n) is 6.03. The normalized spacial score (nSPS) is 18.5. The van der Waals surface area contributed by atoms with Crippen LogP contribution in [0.25, 0.3) is 0 Å². The van der Waals surface area contributed by atoms with Gasteiger partial charge in [0, 0.05) is 18.6 Å². The van der Waals surface area contributed by atoms with E-state index in [1.807, 2.05) is 0 Å². The average Bonchev–Trinajstić information content (AvgIpc) is 2.94. The first kappa shape index (κ1) is 12.5. The Labute approximate surface area is 92.5 Å². The van der Waals surface area contributed by atoms with Crippen LogP contribution in [-0.4, -0.2) is 34.6 Å². The van der Waals surface area contributed by atoms with Crippen molar-refractivity contribution in [3.05, 3.63) is 0 Å². The molecule has 0 spiro atoms. The highest BCUT2D eigenvalue weighted by atomic mass is 16.4. The highest BCUT2D eigenvalue weighted by Crippen LogP contribution is 2.31. The SMILES string of the molecule is CCC(C(C)C)N(CCC(=O)O)C1CC1. The second kappa shape index (κ2) is 5.50. The van der Waals surface area contributed by atoms with Gasteiger partial charge in [-0.1, -0.05) is 20.8 Å². The molecule has 0 saturated heterocycles. The second-order valence-electron chi connectivity index (χ2n) is 4.83. The highest BCUT2D eigenvalue weighted by molar-refractivity contribution is 5.66. The molecule has 1 aliphatic carbocycles. The predicted molar refractivity (Wildman–Crippen MR) is 60.9 cm³/mol. The number of carboxylic acid groups (broad SMARTS) is 1. The van der Waals surface area contributed by atoms with E-state index in [9.17, 15) is 4.79 Å². The third-order valence-electron chi connectivity index (χ3n) is 3.21. The van der Waals surface area contributed by atoms with Crippen molar-refractivity contribution in [3.63, 3.8) is 0 Å². The van der Waals surface area contributed by atoms with Gasteiger partial charge in [0.05, 0.1) is 6.42 Å². The molecule has 0 radical (unpaired) electrons. The van der Waals surface area contributed by atoms with Crippen LogP contribution in [-0.2, 0) is 4.79 Å². The zero-order valence-electron chi connectivity index (χ0n) is 10.1. The minimum absolute atomic E-state index is 0.278. The molecule has 1 aliphatic rings. The van der Waals surface area contributed by atoms with Gasteiger partial charge in [0.2, 0.25) is 0 Å². The molecule has 0 aromatic carbocycles. The van der Waals surface area contributed by atoms with Crippen LogP contribution < -0.4 is 0 Å². The number of hydrogen-bond acceptors (Lipinski definition) is 2. The van der Waals surface area contributed by atoms with Crippen LogP contribution in [0.3, 0.4) is 0 Å². The first-order valence-corrected chi connectivity index (χ1v) is 6.03. The van der Waals surface area contributed by atoms with E-state index in [2.05, 4.69) is 25.7 Å². The summed E-state index contributed by atoms with van der Waals surface area (Å²) in [6, 6.07) is 1.22. The molecule has 0 heterocycles. The van der Waals surface area contributed by atoms with Crippen molar-refractivity contribution in [2.75, 3.05) is 6.54 Å². The predicted octanol–water partition coefficient (Wildman–Crippen LogP) is 2.36. The fourth-order valence-electron chi connectivity index (χ4n) is 2.34. The Kier molecular flexibility index (Phi) is 4.58. The standard InChI is InChI=1S/C12H23NO2/c1-4-11(9(2)3)13(10-5-6-10)8-7-12(14)15/h9-11H,4-8H2,1-3H3,(H,14,15). The minimum Gasteiger partial charge on any atom is -0.481 e. The van der Waals surface area contributed by atoms with Crippen LogP contribution in [0.5, 0.6) is 0 Å². The Bertz CT molecular complexity index is 212. The quantitative estimate of drug-likeness (QED) is 0.705. The Hall–Kier alpha value is -0.570. The van der Waals surface area contributed by atoms with Gasteiger partial charge in [-0.05, 0) is 25.2 Å². The van der Waals surface area contributed by atoms with Crippen molar-refractivity contribution in [3.8, 4) is 0 Å². The van der Waals surface area contributed by atoms with E-state index in [1.54, 1.807) is 0 Å². The summed E-state index contributed by atoms with van der Waals surface area (Å²) in [4.78, 5) is 13.0. The van der Waals surface area contributed by atoms with Crippen LogP contribution >= 0.6 is 0 Å². The molecule has 15 heavy (non-hydrogen) atoms. The molecule has 1 saturated carbocycles. The number of aliphatic carboxylic acids is 1. The maximum atomic E-state index is 10.6. The van der Waals surface area contributed by atoms with E-state index in [4.69, 9.17) is 5.11 Å². The molecule has 1 fully saturated rings. The fourth-order valence-corrected chi connectivity index (χ4v) is 2.34. The fraction of sp³-hybridized carbons (Fsp3) is 0.917. The lowest BCUT2D eigenvalue weighted by molar-refractivity contribution is -0.137. The van der Waals surface area contributed by atoms with Crippen molar-refractivity contribution < 1.29 is 9.90 Å². The van der Waals surface area contributed by atoms with Crippen molar-refractivity contribution in [1.82, 2.24) is 4.90 Å². The van der Waals surface area contributed by atoms with Crippen LogP contribution in [0.2, 0.25) is 0 Å². The minimum atomic E-state index is -0.681. The topological polar surface area (TPSA) is 40.5 Å². The summed E-state index contributed by atoms with van der Waals surface area (Å²) in [5.41, 5.74) is 0. The highest BCUT2D eigenvalue weighted by Gasteiger charge is 2.34. The van der Waals surface area contributed by atoms with Gasteiger partial charge >= 0.3 is 5.97 Å². The van der Waals surface area contributed by atoms with Crippen molar-refractivity contribution in [2.45, 2.75) is 58.5 Å². The molecule has 88 valence electrons. The van der Waals surface area contributed by atoms with Gasteiger partial charge in [-0.2, -0.15) is 0 Å². The number of rotatable bonds is 7. The van der Waals surface area contributed by atoms with Gasteiger partial charge in [-0.15, -0.1) is 0 Å². The zero-order chi connectivity index (χ0) is 11.4. The van der Waals surface area contributed by atoms with Gasteiger partial charge < -0.3 is 5.11 Å². The first-order chi connectivity index (χ1) is 7.06. The monoisotopic (exact) mass is 213 g/mol.